The predicted molar refractivity (Wildman–Crippen MR) is 33.6 cm³/mol. The second kappa shape index (κ2) is 2.79. The molecule has 1 aliphatic heterocycles. The van der Waals surface area contributed by atoms with E-state index in [2.05, 4.69) is 5.32 Å². The summed E-state index contributed by atoms with van der Waals surface area (Å²) in [6, 6.07) is -0.518. The Balaban J connectivity index is 2.42. The lowest BCUT2D eigenvalue weighted by Crippen LogP contribution is -2.29. The molecular weight excluding hydrogens is 134 g/mol. The van der Waals surface area contributed by atoms with Crippen molar-refractivity contribution in [1.29, 1.82) is 0 Å². The van der Waals surface area contributed by atoms with Gasteiger partial charge in [0.2, 0.25) is 0 Å². The Kier molecular flexibility index (Phi) is 2.01. The zero-order valence-electron chi connectivity index (χ0n) is 5.41. The fraction of sp³-hybridized carbons (Fsp3) is 0.667. The number of aldehydes is 1. The summed E-state index contributed by atoms with van der Waals surface area (Å²) >= 11 is 0. The van der Waals surface area contributed by atoms with Crippen LogP contribution in [0.3, 0.4) is 0 Å². The monoisotopic (exact) mass is 143 g/mol. The maximum absolute atomic E-state index is 10.3. The van der Waals surface area contributed by atoms with Crippen molar-refractivity contribution in [2.45, 2.75) is 12.5 Å². The van der Waals surface area contributed by atoms with Gasteiger partial charge in [0.1, 0.15) is 12.3 Å². The summed E-state index contributed by atoms with van der Waals surface area (Å²) in [5, 5.41) is 11.2. The number of hydrogen-bond donors (Lipinski definition) is 2. The van der Waals surface area contributed by atoms with E-state index in [1.807, 2.05) is 0 Å². The number of hydrogen-bond acceptors (Lipinski definition) is 3. The number of carbonyl (C=O) groups is 2. The molecule has 0 amide bonds. The first kappa shape index (κ1) is 7.21. The zero-order chi connectivity index (χ0) is 7.56. The lowest BCUT2D eigenvalue weighted by molar-refractivity contribution is -0.139. The van der Waals surface area contributed by atoms with E-state index in [9.17, 15) is 9.59 Å². The molecule has 2 N–H and O–H groups in total. The fourth-order valence-corrected chi connectivity index (χ4v) is 1.05. The van der Waals surface area contributed by atoms with Gasteiger partial charge in [-0.3, -0.25) is 4.79 Å². The zero-order valence-corrected chi connectivity index (χ0v) is 5.41. The maximum atomic E-state index is 10.3. The molecule has 4 heteroatoms. The van der Waals surface area contributed by atoms with E-state index in [0.29, 0.717) is 13.0 Å². The molecule has 1 rings (SSSR count). The summed E-state index contributed by atoms with van der Waals surface area (Å²) in [6.07, 6.45) is 1.23. The highest BCUT2D eigenvalue weighted by Crippen LogP contribution is 2.10. The number of aliphatic carboxylic acids is 1. The normalized spacial score (nSPS) is 32.0. The molecule has 56 valence electrons. The van der Waals surface area contributed by atoms with E-state index >= 15 is 0 Å². The van der Waals surface area contributed by atoms with Crippen LogP contribution in [0.2, 0.25) is 0 Å². The topological polar surface area (TPSA) is 66.4 Å². The van der Waals surface area contributed by atoms with Gasteiger partial charge >= 0.3 is 5.97 Å². The summed E-state index contributed by atoms with van der Waals surface area (Å²) in [7, 11) is 0. The van der Waals surface area contributed by atoms with Crippen molar-refractivity contribution in [3.05, 3.63) is 0 Å². The van der Waals surface area contributed by atoms with E-state index in [0.717, 1.165) is 6.29 Å². The van der Waals surface area contributed by atoms with E-state index < -0.39 is 12.0 Å². The lowest BCUT2D eigenvalue weighted by Gasteiger charge is -1.99. The van der Waals surface area contributed by atoms with Crippen molar-refractivity contribution in [3.63, 3.8) is 0 Å². The van der Waals surface area contributed by atoms with Crippen molar-refractivity contribution in [1.82, 2.24) is 5.32 Å². The van der Waals surface area contributed by atoms with Gasteiger partial charge in [0.15, 0.2) is 0 Å². The van der Waals surface area contributed by atoms with E-state index in [1.165, 1.54) is 0 Å². The third-order valence-corrected chi connectivity index (χ3v) is 1.66. The van der Waals surface area contributed by atoms with Gasteiger partial charge in [0.25, 0.3) is 0 Å². The van der Waals surface area contributed by atoms with Gasteiger partial charge in [0, 0.05) is 12.5 Å². The van der Waals surface area contributed by atoms with Crippen molar-refractivity contribution in [2.24, 2.45) is 5.92 Å². The van der Waals surface area contributed by atoms with Crippen LogP contribution in [0.4, 0.5) is 0 Å². The first-order valence-corrected chi connectivity index (χ1v) is 3.15. The molecule has 4 nitrogen and oxygen atoms in total. The summed E-state index contributed by atoms with van der Waals surface area (Å²) in [5.41, 5.74) is 0. The highest BCUT2D eigenvalue weighted by molar-refractivity contribution is 5.75. The summed E-state index contributed by atoms with van der Waals surface area (Å²) in [4.78, 5) is 20.4. The molecule has 1 saturated heterocycles. The molecule has 0 unspecified atom stereocenters. The minimum absolute atomic E-state index is 0.110. The molecule has 0 spiro atoms. The molecule has 1 aliphatic rings. The van der Waals surface area contributed by atoms with Crippen molar-refractivity contribution in [3.8, 4) is 0 Å². The second-order valence-electron chi connectivity index (χ2n) is 2.43. The minimum atomic E-state index is -0.871. The lowest BCUT2D eigenvalue weighted by atomic mass is 10.1. The van der Waals surface area contributed by atoms with Crippen LogP contribution >= 0.6 is 0 Å². The highest BCUT2D eigenvalue weighted by Gasteiger charge is 2.28. The third kappa shape index (κ3) is 1.33. The third-order valence-electron chi connectivity index (χ3n) is 1.66. The Labute approximate surface area is 58.2 Å². The fourth-order valence-electron chi connectivity index (χ4n) is 1.05. The number of carbonyl (C=O) groups excluding carboxylic acids is 1. The van der Waals surface area contributed by atoms with Crippen LogP contribution in [-0.4, -0.2) is 29.9 Å². The molecule has 0 aliphatic carbocycles. The molecule has 10 heavy (non-hydrogen) atoms. The Morgan fingerprint density at radius 2 is 2.40 bits per heavy atom. The molecule has 0 aromatic carbocycles. The first-order valence-electron chi connectivity index (χ1n) is 3.15. The van der Waals surface area contributed by atoms with E-state index in [1.54, 1.807) is 0 Å². The van der Waals surface area contributed by atoms with E-state index in [4.69, 9.17) is 5.11 Å². The van der Waals surface area contributed by atoms with Gasteiger partial charge in [0.05, 0.1) is 0 Å². The van der Waals surface area contributed by atoms with Crippen LogP contribution in [0, 0.1) is 5.92 Å². The number of rotatable bonds is 2. The SMILES string of the molecule is O=C[C@@H]1CN[C@H](C(=O)O)C1. The molecule has 0 saturated carbocycles. The number of nitrogens with one attached hydrogen (secondary N) is 1. The predicted octanol–water partition coefficient (Wildman–Crippen LogP) is -0.752. The average molecular weight is 143 g/mol. The van der Waals surface area contributed by atoms with Gasteiger partial charge in [-0.1, -0.05) is 0 Å². The molecule has 0 bridgehead atoms. The largest absolute Gasteiger partial charge is 0.480 e. The van der Waals surface area contributed by atoms with Gasteiger partial charge in [-0.2, -0.15) is 0 Å². The van der Waals surface area contributed by atoms with Crippen molar-refractivity contribution < 1.29 is 14.7 Å². The number of carboxylic acids is 1. The Hall–Kier alpha value is -0.900. The van der Waals surface area contributed by atoms with Gasteiger partial charge in [-0.05, 0) is 6.42 Å². The maximum Gasteiger partial charge on any atom is 0.320 e. The molecule has 0 radical (unpaired) electrons. The van der Waals surface area contributed by atoms with Crippen LogP contribution in [0.25, 0.3) is 0 Å². The van der Waals surface area contributed by atoms with Crippen LogP contribution in [-0.2, 0) is 9.59 Å². The van der Waals surface area contributed by atoms with Crippen molar-refractivity contribution in [2.75, 3.05) is 6.54 Å². The quantitative estimate of drug-likeness (QED) is 0.499. The summed E-state index contributed by atoms with van der Waals surface area (Å²) in [6.45, 7) is 0.500. The van der Waals surface area contributed by atoms with Crippen LogP contribution in [0.1, 0.15) is 6.42 Å². The first-order chi connectivity index (χ1) is 4.74. The average Bonchev–Trinajstić information content (AvgIpc) is 2.34. The van der Waals surface area contributed by atoms with Crippen LogP contribution in [0.15, 0.2) is 0 Å². The second-order valence-corrected chi connectivity index (χ2v) is 2.43. The smallest absolute Gasteiger partial charge is 0.320 e. The van der Waals surface area contributed by atoms with Crippen LogP contribution in [0.5, 0.6) is 0 Å². The molecular formula is C6H9NO3. The van der Waals surface area contributed by atoms with Gasteiger partial charge < -0.3 is 15.2 Å². The standard InChI is InChI=1S/C6H9NO3/c8-3-4-1-5(6(9)10)7-2-4/h3-5,7H,1-2H2,(H,9,10)/t4-,5-/m0/s1. The summed E-state index contributed by atoms with van der Waals surface area (Å²) in [5.74, 6) is -0.981. The Morgan fingerprint density at radius 3 is 2.70 bits per heavy atom. The van der Waals surface area contributed by atoms with Crippen LogP contribution < -0.4 is 5.32 Å². The highest BCUT2D eigenvalue weighted by atomic mass is 16.4. The van der Waals surface area contributed by atoms with Gasteiger partial charge in [-0.25, -0.2) is 0 Å². The Bertz CT molecular complexity index is 157. The molecule has 2 atom stereocenters. The minimum Gasteiger partial charge on any atom is -0.480 e. The van der Waals surface area contributed by atoms with Crippen molar-refractivity contribution >= 4 is 12.3 Å². The van der Waals surface area contributed by atoms with Gasteiger partial charge in [-0.15, -0.1) is 0 Å². The molecule has 1 heterocycles. The Morgan fingerprint density at radius 1 is 1.70 bits per heavy atom. The summed E-state index contributed by atoms with van der Waals surface area (Å²) < 4.78 is 0. The molecule has 0 aromatic rings. The number of carboxylic acid groups (broad SMARTS) is 1. The molecule has 0 aromatic heterocycles. The molecule has 1 fully saturated rings. The van der Waals surface area contributed by atoms with E-state index in [-0.39, 0.29) is 5.92 Å².